The standard InChI is InChI=1S/C22H25NO4/c1-3-18-9-4-5-12-23(18)21(25)16-8-6-7-15(13-16)19-11-10-17(14-20(19)24)22(26)27-2/h6-8,10-11,13-14,18,24H,3-5,9,12H2,1-2H3/t18-/m1/s1. The number of amides is 1. The van der Waals surface area contributed by atoms with Crippen LogP contribution in [0.1, 0.15) is 53.3 Å². The third-order valence-electron chi connectivity index (χ3n) is 5.20. The second-order valence-corrected chi connectivity index (χ2v) is 6.86. The summed E-state index contributed by atoms with van der Waals surface area (Å²) in [6, 6.07) is 12.2. The summed E-state index contributed by atoms with van der Waals surface area (Å²) >= 11 is 0. The number of carbonyl (C=O) groups is 2. The molecule has 0 unspecified atom stereocenters. The number of likely N-dealkylation sites (tertiary alicyclic amines) is 1. The monoisotopic (exact) mass is 367 g/mol. The molecule has 2 aromatic carbocycles. The lowest BCUT2D eigenvalue weighted by atomic mass is 9.97. The van der Waals surface area contributed by atoms with Crippen molar-refractivity contribution in [3.8, 4) is 16.9 Å². The Hall–Kier alpha value is -2.82. The van der Waals surface area contributed by atoms with Gasteiger partial charge in [0.1, 0.15) is 5.75 Å². The fourth-order valence-corrected chi connectivity index (χ4v) is 3.70. The van der Waals surface area contributed by atoms with E-state index in [1.807, 2.05) is 23.1 Å². The second kappa shape index (κ2) is 8.25. The number of hydrogen-bond donors (Lipinski definition) is 1. The predicted molar refractivity (Wildman–Crippen MR) is 104 cm³/mol. The molecule has 1 fully saturated rings. The van der Waals surface area contributed by atoms with Crippen LogP contribution in [0.2, 0.25) is 0 Å². The zero-order valence-corrected chi connectivity index (χ0v) is 15.8. The molecule has 142 valence electrons. The summed E-state index contributed by atoms with van der Waals surface area (Å²) in [5, 5.41) is 10.3. The minimum Gasteiger partial charge on any atom is -0.507 e. The molecule has 2 aromatic rings. The van der Waals surface area contributed by atoms with Crippen LogP contribution in [0.5, 0.6) is 5.75 Å². The van der Waals surface area contributed by atoms with E-state index in [1.54, 1.807) is 18.2 Å². The normalized spacial score (nSPS) is 16.8. The van der Waals surface area contributed by atoms with Crippen LogP contribution in [0, 0.1) is 0 Å². The average molecular weight is 367 g/mol. The highest BCUT2D eigenvalue weighted by Crippen LogP contribution is 2.31. The molecule has 0 aliphatic carbocycles. The molecule has 1 atom stereocenters. The second-order valence-electron chi connectivity index (χ2n) is 6.86. The van der Waals surface area contributed by atoms with Gasteiger partial charge in [0.05, 0.1) is 12.7 Å². The Bertz CT molecular complexity index is 846. The van der Waals surface area contributed by atoms with Gasteiger partial charge in [-0.15, -0.1) is 0 Å². The Morgan fingerprint density at radius 1 is 1.15 bits per heavy atom. The molecule has 1 heterocycles. The summed E-state index contributed by atoms with van der Waals surface area (Å²) in [5.41, 5.74) is 2.21. The summed E-state index contributed by atoms with van der Waals surface area (Å²) in [5.74, 6) is -0.488. The average Bonchev–Trinajstić information content (AvgIpc) is 2.72. The van der Waals surface area contributed by atoms with Crippen molar-refractivity contribution >= 4 is 11.9 Å². The summed E-state index contributed by atoms with van der Waals surface area (Å²) in [6.45, 7) is 2.91. The number of piperidine rings is 1. The van der Waals surface area contributed by atoms with Gasteiger partial charge in [0.2, 0.25) is 0 Å². The lowest BCUT2D eigenvalue weighted by Gasteiger charge is -2.35. The van der Waals surface area contributed by atoms with Gasteiger partial charge in [-0.05, 0) is 61.6 Å². The van der Waals surface area contributed by atoms with Gasteiger partial charge in [-0.3, -0.25) is 4.79 Å². The van der Waals surface area contributed by atoms with Gasteiger partial charge < -0.3 is 14.7 Å². The molecule has 5 nitrogen and oxygen atoms in total. The van der Waals surface area contributed by atoms with E-state index in [-0.39, 0.29) is 17.2 Å². The number of phenols is 1. The maximum absolute atomic E-state index is 13.0. The van der Waals surface area contributed by atoms with Crippen LogP contribution in [0.3, 0.4) is 0 Å². The number of nitrogens with zero attached hydrogens (tertiary/aromatic N) is 1. The number of rotatable bonds is 4. The van der Waals surface area contributed by atoms with Crippen molar-refractivity contribution < 1.29 is 19.4 Å². The van der Waals surface area contributed by atoms with Crippen molar-refractivity contribution in [2.75, 3.05) is 13.7 Å². The van der Waals surface area contributed by atoms with Gasteiger partial charge >= 0.3 is 5.97 Å². The van der Waals surface area contributed by atoms with Gasteiger partial charge in [-0.2, -0.15) is 0 Å². The van der Waals surface area contributed by atoms with E-state index in [4.69, 9.17) is 0 Å². The lowest BCUT2D eigenvalue weighted by molar-refractivity contribution is 0.0595. The first-order valence-corrected chi connectivity index (χ1v) is 9.38. The van der Waals surface area contributed by atoms with E-state index in [0.29, 0.717) is 17.2 Å². The number of carbonyl (C=O) groups excluding carboxylic acids is 2. The Morgan fingerprint density at radius 3 is 2.67 bits per heavy atom. The van der Waals surface area contributed by atoms with Crippen LogP contribution in [0.15, 0.2) is 42.5 Å². The Kier molecular flexibility index (Phi) is 5.79. The third kappa shape index (κ3) is 3.97. The van der Waals surface area contributed by atoms with E-state index in [1.165, 1.54) is 19.6 Å². The topological polar surface area (TPSA) is 66.8 Å². The molecule has 0 bridgehead atoms. The molecule has 1 amide bonds. The number of ether oxygens (including phenoxy) is 1. The number of aromatic hydroxyl groups is 1. The van der Waals surface area contributed by atoms with Crippen LogP contribution in [-0.4, -0.2) is 41.6 Å². The van der Waals surface area contributed by atoms with Gasteiger partial charge in [0, 0.05) is 23.7 Å². The summed E-state index contributed by atoms with van der Waals surface area (Å²) in [7, 11) is 1.30. The number of benzene rings is 2. The fourth-order valence-electron chi connectivity index (χ4n) is 3.70. The van der Waals surface area contributed by atoms with Crippen molar-refractivity contribution in [3.63, 3.8) is 0 Å². The minimum atomic E-state index is -0.503. The van der Waals surface area contributed by atoms with Crippen LogP contribution < -0.4 is 0 Å². The highest BCUT2D eigenvalue weighted by atomic mass is 16.5. The quantitative estimate of drug-likeness (QED) is 0.821. The number of phenolic OH excluding ortho intramolecular Hbond substituents is 1. The molecule has 0 radical (unpaired) electrons. The molecule has 0 saturated carbocycles. The van der Waals surface area contributed by atoms with Crippen LogP contribution >= 0.6 is 0 Å². The van der Waals surface area contributed by atoms with Gasteiger partial charge in [-0.1, -0.05) is 19.1 Å². The smallest absolute Gasteiger partial charge is 0.337 e. The van der Waals surface area contributed by atoms with Crippen LogP contribution in [0.4, 0.5) is 0 Å². The first kappa shape index (κ1) is 19.0. The molecule has 1 aliphatic heterocycles. The highest BCUT2D eigenvalue weighted by molar-refractivity contribution is 5.96. The maximum atomic E-state index is 13.0. The summed E-state index contributed by atoms with van der Waals surface area (Å²) in [4.78, 5) is 26.6. The SMILES string of the molecule is CC[C@@H]1CCCCN1C(=O)c1cccc(-c2ccc(C(=O)OC)cc2O)c1. The summed E-state index contributed by atoms with van der Waals surface area (Å²) < 4.78 is 4.68. The molecule has 1 saturated heterocycles. The predicted octanol–water partition coefficient (Wildman–Crippen LogP) is 4.25. The van der Waals surface area contributed by atoms with Gasteiger partial charge in [0.25, 0.3) is 5.91 Å². The Labute approximate surface area is 159 Å². The van der Waals surface area contributed by atoms with Crippen molar-refractivity contribution in [1.29, 1.82) is 0 Å². The van der Waals surface area contributed by atoms with E-state index < -0.39 is 5.97 Å². The molecule has 0 spiro atoms. The zero-order chi connectivity index (χ0) is 19.4. The van der Waals surface area contributed by atoms with Crippen LogP contribution in [-0.2, 0) is 4.74 Å². The van der Waals surface area contributed by atoms with Crippen molar-refractivity contribution in [3.05, 3.63) is 53.6 Å². The molecule has 5 heteroatoms. The van der Waals surface area contributed by atoms with Crippen LogP contribution in [0.25, 0.3) is 11.1 Å². The Balaban J connectivity index is 1.89. The van der Waals surface area contributed by atoms with Gasteiger partial charge in [0.15, 0.2) is 0 Å². The molecular formula is C22H25NO4. The molecule has 1 N–H and O–H groups in total. The molecule has 1 aliphatic rings. The molecule has 0 aromatic heterocycles. The Morgan fingerprint density at radius 2 is 1.96 bits per heavy atom. The number of methoxy groups -OCH3 is 1. The van der Waals surface area contributed by atoms with Gasteiger partial charge in [-0.25, -0.2) is 4.79 Å². The lowest BCUT2D eigenvalue weighted by Crippen LogP contribution is -2.43. The maximum Gasteiger partial charge on any atom is 0.337 e. The first-order valence-electron chi connectivity index (χ1n) is 9.38. The number of hydrogen-bond acceptors (Lipinski definition) is 4. The minimum absolute atomic E-state index is 0.0214. The zero-order valence-electron chi connectivity index (χ0n) is 15.8. The molecule has 3 rings (SSSR count). The van der Waals surface area contributed by atoms with Crippen molar-refractivity contribution in [2.45, 2.75) is 38.6 Å². The summed E-state index contributed by atoms with van der Waals surface area (Å²) in [6.07, 6.45) is 4.22. The van der Waals surface area contributed by atoms with E-state index in [9.17, 15) is 14.7 Å². The fraction of sp³-hybridized carbons (Fsp3) is 0.364. The van der Waals surface area contributed by atoms with E-state index in [0.717, 1.165) is 31.4 Å². The molecular weight excluding hydrogens is 342 g/mol. The van der Waals surface area contributed by atoms with E-state index >= 15 is 0 Å². The van der Waals surface area contributed by atoms with Crippen molar-refractivity contribution in [2.24, 2.45) is 0 Å². The first-order chi connectivity index (χ1) is 13.0. The van der Waals surface area contributed by atoms with E-state index in [2.05, 4.69) is 11.7 Å². The molecule has 27 heavy (non-hydrogen) atoms. The largest absolute Gasteiger partial charge is 0.507 e. The third-order valence-corrected chi connectivity index (χ3v) is 5.20. The van der Waals surface area contributed by atoms with Crippen molar-refractivity contribution in [1.82, 2.24) is 4.90 Å². The number of esters is 1. The highest BCUT2D eigenvalue weighted by Gasteiger charge is 2.26.